The smallest absolute Gasteiger partial charge is 0.267 e. The van der Waals surface area contributed by atoms with E-state index in [4.69, 9.17) is 22.2 Å². The van der Waals surface area contributed by atoms with Gasteiger partial charge in [-0.1, -0.05) is 27.5 Å². The standard InChI is InChI=1S/C15H15BrClN3O2/c16-10-1-4-12(5-2-10)22-8-7-19-14-6-3-11(17)9-13(14)15(21)20-18/h1-6,9,19H,7-8,18H2,(H,20,21). The molecule has 0 saturated heterocycles. The van der Waals surface area contributed by atoms with Gasteiger partial charge in [-0.25, -0.2) is 5.84 Å². The Morgan fingerprint density at radius 2 is 1.95 bits per heavy atom. The summed E-state index contributed by atoms with van der Waals surface area (Å²) in [4.78, 5) is 11.7. The molecule has 2 aromatic rings. The van der Waals surface area contributed by atoms with E-state index < -0.39 is 5.91 Å². The minimum Gasteiger partial charge on any atom is -0.492 e. The fourth-order valence-corrected chi connectivity index (χ4v) is 2.26. The first kappa shape index (κ1) is 16.6. The molecule has 0 unspecified atom stereocenters. The van der Waals surface area contributed by atoms with Crippen molar-refractivity contribution in [3.63, 3.8) is 0 Å². The Balaban J connectivity index is 1.91. The highest BCUT2D eigenvalue weighted by Gasteiger charge is 2.10. The highest BCUT2D eigenvalue weighted by Crippen LogP contribution is 2.20. The molecule has 5 nitrogen and oxygen atoms in total. The second kappa shape index (κ2) is 8.03. The average Bonchev–Trinajstić information content (AvgIpc) is 2.53. The lowest BCUT2D eigenvalue weighted by atomic mass is 10.1. The molecule has 0 bridgehead atoms. The number of ether oxygens (including phenoxy) is 1. The predicted molar refractivity (Wildman–Crippen MR) is 91.2 cm³/mol. The van der Waals surface area contributed by atoms with Crippen molar-refractivity contribution in [2.75, 3.05) is 18.5 Å². The molecule has 7 heteroatoms. The summed E-state index contributed by atoms with van der Waals surface area (Å²) in [6, 6.07) is 12.6. The van der Waals surface area contributed by atoms with Crippen molar-refractivity contribution >= 4 is 39.1 Å². The van der Waals surface area contributed by atoms with E-state index in [1.807, 2.05) is 24.3 Å². The summed E-state index contributed by atoms with van der Waals surface area (Å²) in [7, 11) is 0. The summed E-state index contributed by atoms with van der Waals surface area (Å²) in [6.45, 7) is 0.983. The maximum Gasteiger partial charge on any atom is 0.267 e. The Morgan fingerprint density at radius 1 is 1.23 bits per heavy atom. The van der Waals surface area contributed by atoms with E-state index in [1.165, 1.54) is 0 Å². The Labute approximate surface area is 141 Å². The van der Waals surface area contributed by atoms with Gasteiger partial charge in [0, 0.05) is 21.7 Å². The second-order valence-electron chi connectivity index (χ2n) is 4.39. The summed E-state index contributed by atoms with van der Waals surface area (Å²) in [6.07, 6.45) is 0. The molecular weight excluding hydrogens is 370 g/mol. The third-order valence-electron chi connectivity index (χ3n) is 2.86. The van der Waals surface area contributed by atoms with Crippen LogP contribution in [0.4, 0.5) is 5.69 Å². The van der Waals surface area contributed by atoms with E-state index in [2.05, 4.69) is 26.7 Å². The molecule has 0 aliphatic rings. The first-order chi connectivity index (χ1) is 10.6. The van der Waals surface area contributed by atoms with Crippen LogP contribution >= 0.6 is 27.5 Å². The van der Waals surface area contributed by atoms with Crippen LogP contribution in [-0.4, -0.2) is 19.1 Å². The van der Waals surface area contributed by atoms with Gasteiger partial charge in [-0.3, -0.25) is 10.2 Å². The Kier molecular flexibility index (Phi) is 6.06. The quantitative estimate of drug-likeness (QED) is 0.309. The summed E-state index contributed by atoms with van der Waals surface area (Å²) in [5.41, 5.74) is 3.13. The van der Waals surface area contributed by atoms with Crippen LogP contribution in [0.15, 0.2) is 46.9 Å². The van der Waals surface area contributed by atoms with Gasteiger partial charge >= 0.3 is 0 Å². The Bertz CT molecular complexity index is 650. The van der Waals surface area contributed by atoms with E-state index in [9.17, 15) is 4.79 Å². The number of carbonyl (C=O) groups excluding carboxylic acids is 1. The average molecular weight is 385 g/mol. The lowest BCUT2D eigenvalue weighted by Crippen LogP contribution is -2.30. The maximum atomic E-state index is 11.7. The first-order valence-electron chi connectivity index (χ1n) is 6.53. The molecule has 116 valence electrons. The fraction of sp³-hybridized carbons (Fsp3) is 0.133. The molecule has 0 radical (unpaired) electrons. The highest BCUT2D eigenvalue weighted by molar-refractivity contribution is 9.10. The number of rotatable bonds is 6. The van der Waals surface area contributed by atoms with Gasteiger partial charge in [-0.05, 0) is 42.5 Å². The van der Waals surface area contributed by atoms with Crippen LogP contribution in [0.25, 0.3) is 0 Å². The summed E-state index contributed by atoms with van der Waals surface area (Å²) < 4.78 is 6.60. The topological polar surface area (TPSA) is 76.4 Å². The molecule has 0 fully saturated rings. The van der Waals surface area contributed by atoms with Gasteiger partial charge in [-0.15, -0.1) is 0 Å². The fourth-order valence-electron chi connectivity index (χ4n) is 1.82. The number of amides is 1. The van der Waals surface area contributed by atoms with Crippen molar-refractivity contribution in [1.82, 2.24) is 5.43 Å². The molecule has 4 N–H and O–H groups in total. The van der Waals surface area contributed by atoms with Crippen LogP contribution in [0.1, 0.15) is 10.4 Å². The van der Waals surface area contributed by atoms with Crippen molar-refractivity contribution in [3.05, 3.63) is 57.5 Å². The van der Waals surface area contributed by atoms with Gasteiger partial charge in [-0.2, -0.15) is 0 Å². The van der Waals surface area contributed by atoms with Crippen LogP contribution in [0.2, 0.25) is 5.02 Å². The number of anilines is 1. The van der Waals surface area contributed by atoms with Gasteiger partial charge in [0.2, 0.25) is 0 Å². The predicted octanol–water partition coefficient (Wildman–Crippen LogP) is 3.20. The highest BCUT2D eigenvalue weighted by atomic mass is 79.9. The number of halogens is 2. The number of hydrazine groups is 1. The van der Waals surface area contributed by atoms with Gasteiger partial charge in [0.1, 0.15) is 12.4 Å². The molecule has 0 aliphatic heterocycles. The molecule has 2 aromatic carbocycles. The number of nitrogen functional groups attached to an aromatic ring is 1. The Morgan fingerprint density at radius 3 is 2.64 bits per heavy atom. The van der Waals surface area contributed by atoms with Gasteiger partial charge in [0.05, 0.1) is 5.56 Å². The van der Waals surface area contributed by atoms with E-state index >= 15 is 0 Å². The normalized spacial score (nSPS) is 10.1. The minimum absolute atomic E-state index is 0.388. The largest absolute Gasteiger partial charge is 0.492 e. The molecule has 0 heterocycles. The van der Waals surface area contributed by atoms with Crippen LogP contribution in [0, 0.1) is 0 Å². The van der Waals surface area contributed by atoms with E-state index in [-0.39, 0.29) is 0 Å². The monoisotopic (exact) mass is 383 g/mol. The van der Waals surface area contributed by atoms with Gasteiger partial charge in [0.15, 0.2) is 0 Å². The SMILES string of the molecule is NNC(=O)c1cc(Cl)ccc1NCCOc1ccc(Br)cc1. The van der Waals surface area contributed by atoms with Gasteiger partial charge in [0.25, 0.3) is 5.91 Å². The Hall–Kier alpha value is -1.76. The van der Waals surface area contributed by atoms with Crippen molar-refractivity contribution in [2.24, 2.45) is 5.84 Å². The molecule has 1 amide bonds. The third-order valence-corrected chi connectivity index (χ3v) is 3.62. The molecule has 22 heavy (non-hydrogen) atoms. The van der Waals surface area contributed by atoms with Crippen LogP contribution < -0.4 is 21.3 Å². The molecule has 2 rings (SSSR count). The number of hydrogen-bond acceptors (Lipinski definition) is 4. The summed E-state index contributed by atoms with van der Waals surface area (Å²) in [5.74, 6) is 5.54. The van der Waals surface area contributed by atoms with E-state index in [0.29, 0.717) is 29.4 Å². The minimum atomic E-state index is -0.404. The summed E-state index contributed by atoms with van der Waals surface area (Å²) >= 11 is 9.26. The van der Waals surface area contributed by atoms with Crippen molar-refractivity contribution in [3.8, 4) is 5.75 Å². The van der Waals surface area contributed by atoms with Crippen LogP contribution in [-0.2, 0) is 0 Å². The second-order valence-corrected chi connectivity index (χ2v) is 5.74. The van der Waals surface area contributed by atoms with Crippen molar-refractivity contribution in [1.29, 1.82) is 0 Å². The number of nitrogens with two attached hydrogens (primary N) is 1. The zero-order chi connectivity index (χ0) is 15.9. The molecule has 0 aromatic heterocycles. The molecule has 0 saturated carbocycles. The van der Waals surface area contributed by atoms with Crippen LogP contribution in [0.3, 0.4) is 0 Å². The number of benzene rings is 2. The molecule has 0 aliphatic carbocycles. The number of carbonyl (C=O) groups is 1. The lowest BCUT2D eigenvalue weighted by molar-refractivity contribution is 0.0954. The zero-order valence-corrected chi connectivity index (χ0v) is 13.9. The number of hydrogen-bond donors (Lipinski definition) is 3. The number of nitrogens with one attached hydrogen (secondary N) is 2. The maximum absolute atomic E-state index is 11.7. The summed E-state index contributed by atoms with van der Waals surface area (Å²) in [5, 5.41) is 3.60. The zero-order valence-electron chi connectivity index (χ0n) is 11.6. The lowest BCUT2D eigenvalue weighted by Gasteiger charge is -2.12. The molecule has 0 atom stereocenters. The van der Waals surface area contributed by atoms with E-state index in [1.54, 1.807) is 18.2 Å². The van der Waals surface area contributed by atoms with E-state index in [0.717, 1.165) is 10.2 Å². The van der Waals surface area contributed by atoms with Crippen molar-refractivity contribution in [2.45, 2.75) is 0 Å². The first-order valence-corrected chi connectivity index (χ1v) is 7.70. The molecule has 0 spiro atoms. The van der Waals surface area contributed by atoms with Crippen molar-refractivity contribution < 1.29 is 9.53 Å². The van der Waals surface area contributed by atoms with Gasteiger partial charge < -0.3 is 10.1 Å². The third kappa shape index (κ3) is 4.62. The molecular formula is C15H15BrClN3O2. The van der Waals surface area contributed by atoms with Crippen LogP contribution in [0.5, 0.6) is 5.75 Å².